The quantitative estimate of drug-likeness (QED) is 0.0492. The Labute approximate surface area is 282 Å². The van der Waals surface area contributed by atoms with Gasteiger partial charge in [-0.2, -0.15) is 0 Å². The molecule has 3 rings (SSSR count). The fourth-order valence-electron chi connectivity index (χ4n) is 6.28. The Bertz CT molecular complexity index is 1210. The van der Waals surface area contributed by atoms with Gasteiger partial charge in [0.2, 0.25) is 0 Å². The van der Waals surface area contributed by atoms with Crippen LogP contribution in [0.25, 0.3) is 0 Å². The Hall–Kier alpha value is -1.89. The minimum atomic E-state index is -4.71. The Morgan fingerprint density at radius 3 is 2.11 bits per heavy atom. The summed E-state index contributed by atoms with van der Waals surface area (Å²) in [5, 5.41) is 4.51. The molecule has 1 aromatic rings. The Morgan fingerprint density at radius 1 is 1.00 bits per heavy atom. The van der Waals surface area contributed by atoms with Crippen molar-refractivity contribution >= 4 is 33.6 Å². The van der Waals surface area contributed by atoms with Crippen molar-refractivity contribution in [3.8, 4) is 0 Å². The summed E-state index contributed by atoms with van der Waals surface area (Å²) in [6.07, 6.45) is 3.47. The van der Waals surface area contributed by atoms with Crippen molar-refractivity contribution in [1.29, 1.82) is 0 Å². The number of hydrogen-bond donors (Lipinski definition) is 0. The standard InChI is InChI=1S/C33H60N3O9PSi/c1-11-35-25(5)22-28(34-35)30(37)23-29-27(20-21-44-47(9,10)33(6,7)8)31(38)36(29)46(41-12-2,42-13-3,43-14-4)24-40-32(39)45-26-18-16-15-17-19-26/h22,26-27,29H,11-21,23-24H2,1-10H3/t27-,29+/m0/s1. The second-order valence-electron chi connectivity index (χ2n) is 14.0. The van der Waals surface area contributed by atoms with Gasteiger partial charge in [-0.3, -0.25) is 0 Å². The van der Waals surface area contributed by atoms with Gasteiger partial charge >= 0.3 is 283 Å². The van der Waals surface area contributed by atoms with Crippen LogP contribution >= 0.6 is 7.43 Å². The van der Waals surface area contributed by atoms with Crippen LogP contribution in [0.4, 0.5) is 4.79 Å². The molecular formula is C33H60N3O9PSi. The summed E-state index contributed by atoms with van der Waals surface area (Å²) in [6.45, 7) is 21.4. The summed E-state index contributed by atoms with van der Waals surface area (Å²) in [7, 11) is -6.80. The van der Waals surface area contributed by atoms with Gasteiger partial charge in [0.15, 0.2) is 0 Å². The van der Waals surface area contributed by atoms with E-state index in [0.29, 0.717) is 25.3 Å². The summed E-state index contributed by atoms with van der Waals surface area (Å²) in [5.74, 6) is -1.05. The minimum absolute atomic E-state index is 0.00215. The second kappa shape index (κ2) is 16.2. The van der Waals surface area contributed by atoms with Gasteiger partial charge in [-0.1, -0.05) is 0 Å². The summed E-state index contributed by atoms with van der Waals surface area (Å²) in [4.78, 5) is 41.2. The molecule has 2 fully saturated rings. The number of rotatable bonds is 18. The molecule has 0 unspecified atom stereocenters. The van der Waals surface area contributed by atoms with Gasteiger partial charge < -0.3 is 0 Å². The first-order valence-corrected chi connectivity index (χ1v) is 22.5. The molecule has 1 aliphatic carbocycles. The topological polar surface area (TPSA) is 128 Å². The van der Waals surface area contributed by atoms with Gasteiger partial charge in [0.25, 0.3) is 0 Å². The first kappa shape index (κ1) is 39.5. The van der Waals surface area contributed by atoms with Crippen LogP contribution in [0.15, 0.2) is 6.07 Å². The second-order valence-corrected chi connectivity index (χ2v) is 22.3. The van der Waals surface area contributed by atoms with E-state index in [1.54, 1.807) is 31.5 Å². The fraction of sp³-hybridized carbons (Fsp3) is 0.818. The number of amides is 1. The van der Waals surface area contributed by atoms with Crippen molar-refractivity contribution in [3.63, 3.8) is 0 Å². The molecule has 270 valence electrons. The number of Topliss-reactive ketones (excluding diaryl/α,β-unsaturated/α-hetero) is 1. The van der Waals surface area contributed by atoms with Crippen LogP contribution in [0.2, 0.25) is 18.1 Å². The number of ketones is 1. The Balaban J connectivity index is 1.99. The number of nitrogens with zero attached hydrogens (tertiary/aromatic N) is 3. The molecular weight excluding hydrogens is 641 g/mol. The monoisotopic (exact) mass is 701 g/mol. The number of aromatic nitrogens is 2. The SMILES string of the molecule is CCOP(COC(=O)OC1CCCCC1)(OCC)(OCC)N1C(=O)[C@@H](CCO[Si](C)(C)C(C)(C)C)[C@H]1CC(=O)c1cc(C)n(CC)n1. The average molecular weight is 702 g/mol. The van der Waals surface area contributed by atoms with E-state index in [0.717, 1.165) is 37.8 Å². The number of aryl methyl sites for hydroxylation is 2. The number of carbonyl (C=O) groups is 3. The van der Waals surface area contributed by atoms with Crippen LogP contribution in [0.5, 0.6) is 0 Å². The summed E-state index contributed by atoms with van der Waals surface area (Å²) < 4.78 is 40.4. The van der Waals surface area contributed by atoms with Crippen LogP contribution < -0.4 is 0 Å². The third kappa shape index (κ3) is 8.83. The average Bonchev–Trinajstić information content (AvgIpc) is 3.39. The number of carbonyl (C=O) groups excluding carboxylic acids is 3. The third-order valence-corrected chi connectivity index (χ3v) is 18.5. The number of β-lactam (4-membered cyclic amide) rings is 1. The molecule has 47 heavy (non-hydrogen) atoms. The first-order valence-electron chi connectivity index (χ1n) is 17.4. The van der Waals surface area contributed by atoms with E-state index < -0.39 is 40.2 Å². The molecule has 1 saturated heterocycles. The van der Waals surface area contributed by atoms with E-state index in [9.17, 15) is 14.4 Å². The van der Waals surface area contributed by atoms with Gasteiger partial charge in [0, 0.05) is 0 Å². The molecule has 14 heteroatoms. The zero-order valence-electron chi connectivity index (χ0n) is 30.5. The van der Waals surface area contributed by atoms with Crippen molar-refractivity contribution in [2.45, 2.75) is 137 Å². The van der Waals surface area contributed by atoms with E-state index >= 15 is 0 Å². The van der Waals surface area contributed by atoms with E-state index in [1.807, 2.05) is 13.8 Å². The molecule has 0 N–H and O–H groups in total. The molecule has 2 heterocycles. The Morgan fingerprint density at radius 2 is 1.60 bits per heavy atom. The van der Waals surface area contributed by atoms with Crippen LogP contribution in [0.1, 0.15) is 110 Å². The maximum atomic E-state index is 14.4. The number of ether oxygens (including phenoxy) is 2. The van der Waals surface area contributed by atoms with E-state index in [2.05, 4.69) is 39.0 Å². The summed E-state index contributed by atoms with van der Waals surface area (Å²) in [6, 6.07) is 1.11. The van der Waals surface area contributed by atoms with Gasteiger partial charge in [-0.05, 0) is 0 Å². The molecule has 1 aromatic heterocycles. The predicted molar refractivity (Wildman–Crippen MR) is 185 cm³/mol. The molecule has 1 amide bonds. The predicted octanol–water partition coefficient (Wildman–Crippen LogP) is 7.79. The zero-order valence-corrected chi connectivity index (χ0v) is 32.4. The Kier molecular flexibility index (Phi) is 13.6. The van der Waals surface area contributed by atoms with Crippen LogP contribution in [0.3, 0.4) is 0 Å². The van der Waals surface area contributed by atoms with Crippen LogP contribution in [0, 0.1) is 12.8 Å². The van der Waals surface area contributed by atoms with E-state index in [4.69, 9.17) is 27.5 Å². The van der Waals surface area contributed by atoms with E-state index in [1.165, 1.54) is 4.67 Å². The molecule has 0 radical (unpaired) electrons. The van der Waals surface area contributed by atoms with E-state index in [-0.39, 0.29) is 49.1 Å². The normalized spacial score (nSPS) is 20.4. The first-order chi connectivity index (χ1) is 22.1. The summed E-state index contributed by atoms with van der Waals surface area (Å²) in [5.41, 5.74) is 1.20. The van der Waals surface area contributed by atoms with Gasteiger partial charge in [0.05, 0.1) is 0 Å². The molecule has 0 spiro atoms. The maximum absolute atomic E-state index is 14.4. The van der Waals surface area contributed by atoms with Gasteiger partial charge in [-0.15, -0.1) is 0 Å². The molecule has 1 saturated carbocycles. The summed E-state index contributed by atoms with van der Waals surface area (Å²) >= 11 is 0. The molecule has 12 nitrogen and oxygen atoms in total. The van der Waals surface area contributed by atoms with Crippen molar-refractivity contribution in [1.82, 2.24) is 14.5 Å². The molecule has 2 aliphatic rings. The van der Waals surface area contributed by atoms with Crippen LogP contribution in [-0.4, -0.2) is 85.5 Å². The third-order valence-electron chi connectivity index (χ3n) is 9.76. The molecule has 0 bridgehead atoms. The fourth-order valence-corrected chi connectivity index (χ4v) is 11.5. The molecule has 1 aliphatic heterocycles. The van der Waals surface area contributed by atoms with Crippen molar-refractivity contribution in [2.24, 2.45) is 5.92 Å². The van der Waals surface area contributed by atoms with Crippen molar-refractivity contribution in [2.75, 3.05) is 32.8 Å². The van der Waals surface area contributed by atoms with Crippen LogP contribution in [-0.2, 0) is 38.8 Å². The molecule has 0 aromatic carbocycles. The number of hydrogen-bond acceptors (Lipinski definition) is 10. The van der Waals surface area contributed by atoms with Gasteiger partial charge in [0.1, 0.15) is 0 Å². The molecule has 2 atom stereocenters. The zero-order chi connectivity index (χ0) is 35.1. The van der Waals surface area contributed by atoms with Gasteiger partial charge in [-0.25, -0.2) is 0 Å². The van der Waals surface area contributed by atoms with Crippen molar-refractivity contribution in [3.05, 3.63) is 17.5 Å². The van der Waals surface area contributed by atoms with Crippen molar-refractivity contribution < 1.29 is 41.9 Å².